The fraction of sp³-hybridized carbons (Fsp3) is 0.600. The lowest BCUT2D eigenvalue weighted by Crippen LogP contribution is -2.43. The van der Waals surface area contributed by atoms with Crippen molar-refractivity contribution >= 4 is 5.91 Å². The highest BCUT2D eigenvalue weighted by molar-refractivity contribution is 5.91. The quantitative estimate of drug-likeness (QED) is 0.472. The van der Waals surface area contributed by atoms with Gasteiger partial charge in [0.05, 0.1) is 5.69 Å². The molecule has 2 heterocycles. The molecule has 0 spiro atoms. The summed E-state index contributed by atoms with van der Waals surface area (Å²) in [4.78, 5) is 20.7. The molecule has 3 N–H and O–H groups in total. The first-order chi connectivity index (χ1) is 10.1. The maximum Gasteiger partial charge on any atom is 0.283 e. The van der Waals surface area contributed by atoms with Gasteiger partial charge in [-0.15, -0.1) is 0 Å². The van der Waals surface area contributed by atoms with Crippen LogP contribution in [-0.4, -0.2) is 53.4 Å². The summed E-state index contributed by atoms with van der Waals surface area (Å²) >= 11 is 0. The third-order valence-electron chi connectivity index (χ3n) is 4.21. The summed E-state index contributed by atoms with van der Waals surface area (Å²) in [5.41, 5.74) is 3.38. The molecule has 116 valence electrons. The van der Waals surface area contributed by atoms with Gasteiger partial charge < -0.3 is 4.90 Å². The van der Waals surface area contributed by atoms with E-state index in [4.69, 9.17) is 5.84 Å². The molecule has 2 rings (SSSR count). The largest absolute Gasteiger partial charge is 0.303 e. The number of nitrogens with one attached hydrogen (secondary N) is 1. The topological polar surface area (TPSA) is 74.5 Å². The van der Waals surface area contributed by atoms with E-state index >= 15 is 0 Å². The molecule has 0 aromatic carbocycles. The lowest BCUT2D eigenvalue weighted by Gasteiger charge is -2.36. The van der Waals surface area contributed by atoms with Crippen molar-refractivity contribution in [2.75, 3.05) is 26.7 Å². The zero-order valence-electron chi connectivity index (χ0n) is 12.9. The average molecular weight is 291 g/mol. The second-order valence-electron chi connectivity index (χ2n) is 5.57. The van der Waals surface area contributed by atoms with Gasteiger partial charge in [-0.3, -0.25) is 15.1 Å². The molecule has 0 saturated carbocycles. The van der Waals surface area contributed by atoms with Gasteiger partial charge in [-0.1, -0.05) is 13.0 Å². The Kier molecular flexibility index (Phi) is 5.67. The van der Waals surface area contributed by atoms with Crippen LogP contribution in [0.1, 0.15) is 35.9 Å². The van der Waals surface area contributed by atoms with Crippen molar-refractivity contribution in [1.29, 1.82) is 0 Å². The fourth-order valence-corrected chi connectivity index (χ4v) is 2.83. The number of hydrogen-bond acceptors (Lipinski definition) is 5. The molecule has 0 atom stereocenters. The minimum atomic E-state index is -0.351. The van der Waals surface area contributed by atoms with E-state index in [1.165, 1.54) is 12.8 Å². The number of piperidine rings is 1. The molecular formula is C15H25N5O. The number of hydrazine groups is 1. The van der Waals surface area contributed by atoms with Gasteiger partial charge in [0.1, 0.15) is 5.69 Å². The molecule has 21 heavy (non-hydrogen) atoms. The van der Waals surface area contributed by atoms with Gasteiger partial charge in [-0.25, -0.2) is 10.8 Å². The third kappa shape index (κ3) is 4.23. The van der Waals surface area contributed by atoms with Gasteiger partial charge in [0, 0.05) is 12.6 Å². The van der Waals surface area contributed by atoms with E-state index in [0.717, 1.165) is 31.9 Å². The van der Waals surface area contributed by atoms with Gasteiger partial charge in [0.25, 0.3) is 5.91 Å². The molecular weight excluding hydrogens is 266 g/mol. The first-order valence-corrected chi connectivity index (χ1v) is 7.53. The van der Waals surface area contributed by atoms with Crippen molar-refractivity contribution in [3.05, 3.63) is 29.6 Å². The zero-order valence-corrected chi connectivity index (χ0v) is 12.9. The van der Waals surface area contributed by atoms with Crippen LogP contribution in [0.25, 0.3) is 0 Å². The van der Waals surface area contributed by atoms with E-state index in [1.54, 1.807) is 6.07 Å². The van der Waals surface area contributed by atoms with E-state index in [0.29, 0.717) is 11.7 Å². The third-order valence-corrected chi connectivity index (χ3v) is 4.21. The van der Waals surface area contributed by atoms with E-state index < -0.39 is 0 Å². The number of hydrogen-bond donors (Lipinski definition) is 2. The Morgan fingerprint density at radius 3 is 2.81 bits per heavy atom. The van der Waals surface area contributed by atoms with Crippen molar-refractivity contribution in [2.24, 2.45) is 5.84 Å². The molecule has 6 nitrogen and oxygen atoms in total. The zero-order chi connectivity index (χ0) is 15.2. The Morgan fingerprint density at radius 1 is 1.48 bits per heavy atom. The van der Waals surface area contributed by atoms with Gasteiger partial charge in [0.15, 0.2) is 0 Å². The molecule has 1 aromatic heterocycles. The number of carbonyl (C=O) groups excluding carboxylic acids is 1. The molecule has 0 radical (unpaired) electrons. The molecule has 1 aromatic rings. The molecule has 1 fully saturated rings. The van der Waals surface area contributed by atoms with Crippen LogP contribution >= 0.6 is 0 Å². The summed E-state index contributed by atoms with van der Waals surface area (Å²) in [5, 5.41) is 0. The molecule has 1 saturated heterocycles. The van der Waals surface area contributed by atoms with Crippen LogP contribution in [0.2, 0.25) is 0 Å². The Bertz CT molecular complexity index is 471. The molecule has 0 unspecified atom stereocenters. The standard InChI is InChI=1S/C15H25N5O/c1-3-20-9-7-13(8-10-20)19(2)11-12-5-4-6-14(17-12)15(21)18-16/h4-6,13H,3,7-11,16H2,1-2H3,(H,18,21). The summed E-state index contributed by atoms with van der Waals surface area (Å²) in [5.74, 6) is 4.79. The van der Waals surface area contributed by atoms with Crippen LogP contribution in [0, 0.1) is 0 Å². The smallest absolute Gasteiger partial charge is 0.283 e. The van der Waals surface area contributed by atoms with Crippen LogP contribution in [-0.2, 0) is 6.54 Å². The summed E-state index contributed by atoms with van der Waals surface area (Å²) in [6.07, 6.45) is 2.38. The van der Waals surface area contributed by atoms with Gasteiger partial charge in [-0.05, 0) is 51.7 Å². The number of pyridine rings is 1. The molecule has 6 heteroatoms. The van der Waals surface area contributed by atoms with Crippen molar-refractivity contribution < 1.29 is 4.79 Å². The minimum absolute atomic E-state index is 0.351. The molecule has 0 bridgehead atoms. The second-order valence-corrected chi connectivity index (χ2v) is 5.57. The normalized spacial score (nSPS) is 17.1. The van der Waals surface area contributed by atoms with Crippen LogP contribution in [0.15, 0.2) is 18.2 Å². The molecule has 1 amide bonds. The minimum Gasteiger partial charge on any atom is -0.303 e. The highest BCUT2D eigenvalue weighted by Crippen LogP contribution is 2.16. The maximum atomic E-state index is 11.5. The average Bonchev–Trinajstić information content (AvgIpc) is 2.54. The highest BCUT2D eigenvalue weighted by atomic mass is 16.2. The Hall–Kier alpha value is -1.50. The van der Waals surface area contributed by atoms with E-state index in [1.807, 2.05) is 12.1 Å². The molecule has 0 aliphatic carbocycles. The summed E-state index contributed by atoms with van der Waals surface area (Å²) in [7, 11) is 2.13. The van der Waals surface area contributed by atoms with Crippen LogP contribution in [0.5, 0.6) is 0 Å². The van der Waals surface area contributed by atoms with Crippen LogP contribution in [0.3, 0.4) is 0 Å². The Labute approximate surface area is 126 Å². The van der Waals surface area contributed by atoms with Crippen LogP contribution in [0.4, 0.5) is 0 Å². The number of carbonyl (C=O) groups is 1. The summed E-state index contributed by atoms with van der Waals surface area (Å²) < 4.78 is 0. The molecule has 1 aliphatic heterocycles. The number of aromatic nitrogens is 1. The van der Waals surface area contributed by atoms with E-state index in [9.17, 15) is 4.79 Å². The first kappa shape index (κ1) is 15.9. The van der Waals surface area contributed by atoms with Gasteiger partial charge >= 0.3 is 0 Å². The fourth-order valence-electron chi connectivity index (χ4n) is 2.83. The number of likely N-dealkylation sites (tertiary alicyclic amines) is 1. The summed E-state index contributed by atoms with van der Waals surface area (Å²) in [6.45, 7) is 6.42. The number of nitrogens with zero attached hydrogens (tertiary/aromatic N) is 3. The second kappa shape index (κ2) is 7.49. The summed E-state index contributed by atoms with van der Waals surface area (Å²) in [6, 6.07) is 6.05. The molecule has 1 aliphatic rings. The van der Waals surface area contributed by atoms with Crippen molar-refractivity contribution in [2.45, 2.75) is 32.4 Å². The first-order valence-electron chi connectivity index (χ1n) is 7.53. The van der Waals surface area contributed by atoms with Gasteiger partial charge in [0.2, 0.25) is 0 Å². The Morgan fingerprint density at radius 2 is 2.19 bits per heavy atom. The number of nitrogens with two attached hydrogens (primary N) is 1. The predicted molar refractivity (Wildman–Crippen MR) is 82.5 cm³/mol. The Balaban J connectivity index is 1.93. The van der Waals surface area contributed by atoms with E-state index in [2.05, 4.69) is 34.2 Å². The predicted octanol–water partition coefficient (Wildman–Crippen LogP) is 0.601. The van der Waals surface area contributed by atoms with Crippen molar-refractivity contribution in [3.63, 3.8) is 0 Å². The number of rotatable bonds is 5. The van der Waals surface area contributed by atoms with E-state index in [-0.39, 0.29) is 5.91 Å². The van der Waals surface area contributed by atoms with Crippen molar-refractivity contribution in [3.8, 4) is 0 Å². The van der Waals surface area contributed by atoms with Crippen LogP contribution < -0.4 is 11.3 Å². The maximum absolute atomic E-state index is 11.5. The van der Waals surface area contributed by atoms with Crippen molar-refractivity contribution in [1.82, 2.24) is 20.2 Å². The highest BCUT2D eigenvalue weighted by Gasteiger charge is 2.21. The SMILES string of the molecule is CCN1CCC(N(C)Cc2cccc(C(=O)NN)n2)CC1. The lowest BCUT2D eigenvalue weighted by atomic mass is 10.0. The van der Waals surface area contributed by atoms with Gasteiger partial charge in [-0.2, -0.15) is 0 Å². The number of nitrogen functional groups attached to an aromatic ring is 1. The monoisotopic (exact) mass is 291 g/mol. The lowest BCUT2D eigenvalue weighted by molar-refractivity contribution is 0.0947. The number of amides is 1.